The Labute approximate surface area is 166 Å². The highest BCUT2D eigenvalue weighted by Gasteiger charge is 2.15. The monoisotopic (exact) mass is 447 g/mol. The molecule has 9 heteroatoms. The molecule has 0 saturated carbocycles. The molecule has 0 atom stereocenters. The van der Waals surface area contributed by atoms with E-state index in [-0.39, 0.29) is 16.5 Å². The fraction of sp³-hybridized carbons (Fsp3) is 0. The molecule has 6 nitrogen and oxygen atoms in total. The summed E-state index contributed by atoms with van der Waals surface area (Å²) in [6, 6.07) is 13.7. The summed E-state index contributed by atoms with van der Waals surface area (Å²) in [5.74, 6) is -1.21. The number of hydrogen-bond acceptors (Lipinski definition) is 4. The number of fused-ring (bicyclic) bond motifs is 1. The molecular weight excluding hydrogens is 437 g/mol. The number of nitrogens with one attached hydrogen (secondary N) is 2. The highest BCUT2D eigenvalue weighted by molar-refractivity contribution is 9.10. The molecule has 2 N–H and O–H groups in total. The highest BCUT2D eigenvalue weighted by atomic mass is 79.9. The lowest BCUT2D eigenvalue weighted by molar-refractivity contribution is -0.384. The van der Waals surface area contributed by atoms with Crippen LogP contribution < -0.4 is 10.6 Å². The molecule has 0 aliphatic rings. The summed E-state index contributed by atoms with van der Waals surface area (Å²) in [7, 11) is 0. The average molecular weight is 448 g/mol. The van der Waals surface area contributed by atoms with Crippen LogP contribution in [-0.2, 0) is 0 Å². The number of hydrogen-bond donors (Lipinski definition) is 2. The second-order valence-corrected chi connectivity index (χ2v) is 6.73. The van der Waals surface area contributed by atoms with Gasteiger partial charge in [-0.25, -0.2) is 4.39 Å². The van der Waals surface area contributed by atoms with Crippen LogP contribution in [0.5, 0.6) is 0 Å². The van der Waals surface area contributed by atoms with Crippen molar-refractivity contribution in [3.8, 4) is 0 Å². The van der Waals surface area contributed by atoms with Crippen LogP contribution in [0.4, 0.5) is 15.8 Å². The van der Waals surface area contributed by atoms with E-state index in [2.05, 4.69) is 26.6 Å². The molecule has 3 rings (SSSR count). The van der Waals surface area contributed by atoms with E-state index in [1.165, 1.54) is 0 Å². The first-order valence-electron chi connectivity index (χ1n) is 7.60. The molecule has 1 amide bonds. The predicted molar refractivity (Wildman–Crippen MR) is 108 cm³/mol. The van der Waals surface area contributed by atoms with Gasteiger partial charge in [-0.2, -0.15) is 0 Å². The van der Waals surface area contributed by atoms with Gasteiger partial charge in [0.2, 0.25) is 0 Å². The smallest absolute Gasteiger partial charge is 0.271 e. The van der Waals surface area contributed by atoms with Gasteiger partial charge >= 0.3 is 0 Å². The maximum atomic E-state index is 13.8. The minimum absolute atomic E-state index is 0.175. The number of thiocarbonyl (C=S) groups is 1. The van der Waals surface area contributed by atoms with E-state index in [4.69, 9.17) is 12.2 Å². The molecule has 0 unspecified atom stereocenters. The van der Waals surface area contributed by atoms with E-state index in [0.717, 1.165) is 28.1 Å². The van der Waals surface area contributed by atoms with Gasteiger partial charge < -0.3 is 5.32 Å². The molecule has 0 aliphatic carbocycles. The molecule has 136 valence electrons. The number of carbonyl (C=O) groups excluding carboxylic acids is 1. The van der Waals surface area contributed by atoms with E-state index in [9.17, 15) is 19.3 Å². The first-order chi connectivity index (χ1) is 12.9. The van der Waals surface area contributed by atoms with Crippen molar-refractivity contribution < 1.29 is 14.1 Å². The highest BCUT2D eigenvalue weighted by Crippen LogP contribution is 2.26. The second kappa shape index (κ2) is 7.77. The number of anilines is 1. The third-order valence-electron chi connectivity index (χ3n) is 3.75. The molecule has 0 aromatic heterocycles. The number of carbonyl (C=O) groups is 1. The molecule has 0 saturated heterocycles. The van der Waals surface area contributed by atoms with Crippen LogP contribution in [0, 0.1) is 15.9 Å². The van der Waals surface area contributed by atoms with Gasteiger partial charge in [0.15, 0.2) is 5.11 Å². The first kappa shape index (κ1) is 18.9. The summed E-state index contributed by atoms with van der Waals surface area (Å²) < 4.78 is 14.7. The molecule has 3 aromatic rings. The van der Waals surface area contributed by atoms with Gasteiger partial charge in [-0.15, -0.1) is 0 Å². The Morgan fingerprint density at radius 1 is 1.11 bits per heavy atom. The standard InChI is InChI=1S/C18H11BrFN3O3S/c19-14-6-2-3-11-12(14)4-1-5-13(11)17(24)22-18(27)21-16-9-10(23(25)26)7-8-15(16)20/h1-9H,(H2,21,22,24,27). The van der Waals surface area contributed by atoms with Crippen LogP contribution >= 0.6 is 28.1 Å². The number of nitrogens with zero attached hydrogens (tertiary/aromatic N) is 1. The lowest BCUT2D eigenvalue weighted by Crippen LogP contribution is -2.34. The Kier molecular flexibility index (Phi) is 5.43. The van der Waals surface area contributed by atoms with E-state index in [1.807, 2.05) is 12.1 Å². The average Bonchev–Trinajstić information content (AvgIpc) is 2.63. The minimum Gasteiger partial charge on any atom is -0.330 e. The quantitative estimate of drug-likeness (QED) is 0.343. The molecule has 0 radical (unpaired) electrons. The van der Waals surface area contributed by atoms with Crippen molar-refractivity contribution in [2.24, 2.45) is 0 Å². The third kappa shape index (κ3) is 4.09. The number of nitro groups is 1. The minimum atomic E-state index is -0.730. The molecule has 27 heavy (non-hydrogen) atoms. The zero-order chi connectivity index (χ0) is 19.6. The number of non-ortho nitro benzene ring substituents is 1. The van der Waals surface area contributed by atoms with Crippen LogP contribution in [0.2, 0.25) is 0 Å². The molecule has 0 bridgehead atoms. The van der Waals surface area contributed by atoms with Crippen molar-refractivity contribution >= 4 is 61.3 Å². The van der Waals surface area contributed by atoms with Crippen molar-refractivity contribution in [1.29, 1.82) is 0 Å². The zero-order valence-electron chi connectivity index (χ0n) is 13.5. The van der Waals surface area contributed by atoms with E-state index < -0.39 is 16.6 Å². The summed E-state index contributed by atoms with van der Waals surface area (Å²) in [5.41, 5.74) is -0.112. The van der Waals surface area contributed by atoms with Gasteiger partial charge in [-0.1, -0.05) is 40.2 Å². The second-order valence-electron chi connectivity index (χ2n) is 5.47. The molecular formula is C18H11BrFN3O3S. The fourth-order valence-electron chi connectivity index (χ4n) is 2.52. The predicted octanol–water partition coefficient (Wildman–Crippen LogP) is 4.78. The molecule has 3 aromatic carbocycles. The molecule has 0 spiro atoms. The fourth-order valence-corrected chi connectivity index (χ4v) is 3.22. The van der Waals surface area contributed by atoms with Crippen molar-refractivity contribution in [2.45, 2.75) is 0 Å². The topological polar surface area (TPSA) is 84.3 Å². The third-order valence-corrected chi connectivity index (χ3v) is 4.65. The number of amides is 1. The van der Waals surface area contributed by atoms with Gasteiger partial charge in [0, 0.05) is 22.2 Å². The van der Waals surface area contributed by atoms with E-state index in [1.54, 1.807) is 24.3 Å². The number of benzene rings is 3. The maximum Gasteiger partial charge on any atom is 0.271 e. The summed E-state index contributed by atoms with van der Waals surface area (Å²) >= 11 is 8.48. The summed E-state index contributed by atoms with van der Waals surface area (Å²) in [6.45, 7) is 0. The Morgan fingerprint density at radius 3 is 2.56 bits per heavy atom. The Hall–Kier alpha value is -2.91. The molecule has 0 fully saturated rings. The Morgan fingerprint density at radius 2 is 1.81 bits per heavy atom. The number of halogens is 2. The van der Waals surface area contributed by atoms with E-state index in [0.29, 0.717) is 10.9 Å². The number of nitro benzene ring substituents is 1. The summed E-state index contributed by atoms with van der Waals surface area (Å²) in [5, 5.41) is 17.1. The van der Waals surface area contributed by atoms with Gasteiger partial charge in [0.25, 0.3) is 11.6 Å². The SMILES string of the molecule is O=C(NC(=S)Nc1cc([N+](=O)[O-])ccc1F)c1cccc2c(Br)cccc12. The normalized spacial score (nSPS) is 10.4. The Bertz CT molecular complexity index is 1090. The summed E-state index contributed by atoms with van der Waals surface area (Å²) in [6.07, 6.45) is 0. The number of rotatable bonds is 3. The van der Waals surface area contributed by atoms with Crippen molar-refractivity contribution in [1.82, 2.24) is 5.32 Å². The van der Waals surface area contributed by atoms with Crippen LogP contribution in [0.1, 0.15) is 10.4 Å². The zero-order valence-corrected chi connectivity index (χ0v) is 15.9. The van der Waals surface area contributed by atoms with Crippen LogP contribution in [0.15, 0.2) is 59.1 Å². The van der Waals surface area contributed by atoms with Crippen LogP contribution in [-0.4, -0.2) is 15.9 Å². The molecule has 0 aliphatic heterocycles. The van der Waals surface area contributed by atoms with Crippen molar-refractivity contribution in [2.75, 3.05) is 5.32 Å². The van der Waals surface area contributed by atoms with Crippen LogP contribution in [0.25, 0.3) is 10.8 Å². The van der Waals surface area contributed by atoms with Gasteiger partial charge in [0.05, 0.1) is 10.6 Å². The Balaban J connectivity index is 1.81. The maximum absolute atomic E-state index is 13.8. The van der Waals surface area contributed by atoms with Crippen molar-refractivity contribution in [3.05, 3.63) is 80.6 Å². The first-order valence-corrected chi connectivity index (χ1v) is 8.80. The lowest BCUT2D eigenvalue weighted by Gasteiger charge is -2.12. The van der Waals surface area contributed by atoms with Crippen LogP contribution in [0.3, 0.4) is 0 Å². The summed E-state index contributed by atoms with van der Waals surface area (Å²) in [4.78, 5) is 22.7. The van der Waals surface area contributed by atoms with Gasteiger partial charge in [-0.3, -0.25) is 20.2 Å². The largest absolute Gasteiger partial charge is 0.330 e. The van der Waals surface area contributed by atoms with Gasteiger partial charge in [-0.05, 0) is 41.2 Å². The molecule has 0 heterocycles. The van der Waals surface area contributed by atoms with E-state index >= 15 is 0 Å². The lowest BCUT2D eigenvalue weighted by atomic mass is 10.0. The van der Waals surface area contributed by atoms with Gasteiger partial charge in [0.1, 0.15) is 5.82 Å². The van der Waals surface area contributed by atoms with Crippen molar-refractivity contribution in [3.63, 3.8) is 0 Å².